The zero-order valence-electron chi connectivity index (χ0n) is 22.4. The van der Waals surface area contributed by atoms with Crippen LogP contribution in [0.25, 0.3) is 10.8 Å². The number of hydrogen-bond acceptors (Lipinski definition) is 3. The molecule has 0 saturated heterocycles. The van der Waals surface area contributed by atoms with Crippen LogP contribution in [0, 0.1) is 6.92 Å². The molecule has 196 valence electrons. The zero-order chi connectivity index (χ0) is 26.9. The molecule has 4 aromatic carbocycles. The second-order valence-corrected chi connectivity index (χ2v) is 9.80. The van der Waals surface area contributed by atoms with Gasteiger partial charge in [-0.1, -0.05) is 103 Å². The number of amides is 2. The molecule has 5 heteroatoms. The van der Waals surface area contributed by atoms with E-state index in [9.17, 15) is 9.59 Å². The van der Waals surface area contributed by atoms with Gasteiger partial charge in [0.05, 0.1) is 0 Å². The van der Waals surface area contributed by atoms with Crippen LogP contribution in [0.2, 0.25) is 0 Å². The van der Waals surface area contributed by atoms with Gasteiger partial charge in [0.2, 0.25) is 5.91 Å². The number of nitrogens with zero attached hydrogens (tertiary/aromatic N) is 1. The second-order valence-electron chi connectivity index (χ2n) is 9.80. The molecule has 4 rings (SSSR count). The molecule has 0 spiro atoms. The number of fused-ring (bicyclic) bond motifs is 1. The number of ether oxygens (including phenoxy) is 1. The van der Waals surface area contributed by atoms with Gasteiger partial charge in [0.1, 0.15) is 11.8 Å². The maximum atomic E-state index is 13.9. The van der Waals surface area contributed by atoms with E-state index in [1.807, 2.05) is 112 Å². The van der Waals surface area contributed by atoms with Crippen LogP contribution in [-0.4, -0.2) is 35.4 Å². The standard InChI is InChI=1S/C33H36N2O3/c1-4-25(3)34-33(37)30(21-26-13-6-5-7-14-26)35(22-27-15-10-12-24(2)20-27)32(36)23-38-31-19-11-17-28-16-8-9-18-29(28)31/h5-20,25,30H,4,21-23H2,1-3H3,(H,34,37)/t25-,30+/m0/s1. The lowest BCUT2D eigenvalue weighted by Gasteiger charge is -2.32. The summed E-state index contributed by atoms with van der Waals surface area (Å²) >= 11 is 0. The Kier molecular flexibility index (Phi) is 9.15. The first-order valence-electron chi connectivity index (χ1n) is 13.2. The first-order valence-corrected chi connectivity index (χ1v) is 13.2. The van der Waals surface area contributed by atoms with Crippen LogP contribution in [0.5, 0.6) is 5.75 Å². The minimum Gasteiger partial charge on any atom is -0.483 e. The molecule has 0 saturated carbocycles. The highest BCUT2D eigenvalue weighted by atomic mass is 16.5. The molecule has 0 unspecified atom stereocenters. The average molecular weight is 509 g/mol. The molecule has 0 aliphatic carbocycles. The van der Waals surface area contributed by atoms with E-state index in [2.05, 4.69) is 11.4 Å². The Balaban J connectivity index is 1.65. The average Bonchev–Trinajstić information content (AvgIpc) is 2.94. The van der Waals surface area contributed by atoms with Gasteiger partial charge in [-0.05, 0) is 42.8 Å². The Morgan fingerprint density at radius 1 is 0.868 bits per heavy atom. The molecule has 0 heterocycles. The van der Waals surface area contributed by atoms with E-state index in [-0.39, 0.29) is 24.5 Å². The number of rotatable bonds is 11. The summed E-state index contributed by atoms with van der Waals surface area (Å²) in [4.78, 5) is 29.1. The molecule has 0 radical (unpaired) electrons. The van der Waals surface area contributed by atoms with Crippen molar-refractivity contribution in [3.8, 4) is 5.75 Å². The van der Waals surface area contributed by atoms with Crippen molar-refractivity contribution >= 4 is 22.6 Å². The predicted octanol–water partition coefficient (Wildman–Crippen LogP) is 6.08. The Hall–Kier alpha value is -4.12. The second kappa shape index (κ2) is 12.9. The van der Waals surface area contributed by atoms with Crippen molar-refractivity contribution in [3.63, 3.8) is 0 Å². The highest BCUT2D eigenvalue weighted by Crippen LogP contribution is 2.25. The van der Waals surface area contributed by atoms with Gasteiger partial charge in [0.15, 0.2) is 6.61 Å². The fraction of sp³-hybridized carbons (Fsp3) is 0.273. The minimum atomic E-state index is -0.685. The van der Waals surface area contributed by atoms with Crippen LogP contribution in [-0.2, 0) is 22.6 Å². The Morgan fingerprint density at radius 3 is 2.32 bits per heavy atom. The molecule has 1 N–H and O–H groups in total. The number of benzene rings is 4. The predicted molar refractivity (Wildman–Crippen MR) is 153 cm³/mol. The van der Waals surface area contributed by atoms with Gasteiger partial charge >= 0.3 is 0 Å². The summed E-state index contributed by atoms with van der Waals surface area (Å²) in [5.41, 5.74) is 3.07. The van der Waals surface area contributed by atoms with E-state index in [0.717, 1.165) is 33.9 Å². The summed E-state index contributed by atoms with van der Waals surface area (Å²) in [6.45, 7) is 6.18. The van der Waals surface area contributed by atoms with Crippen LogP contribution < -0.4 is 10.1 Å². The van der Waals surface area contributed by atoms with Crippen LogP contribution in [0.3, 0.4) is 0 Å². The summed E-state index contributed by atoms with van der Waals surface area (Å²) in [5.74, 6) is 0.254. The molecule has 0 aromatic heterocycles. The molecular weight excluding hydrogens is 472 g/mol. The third-order valence-electron chi connectivity index (χ3n) is 6.81. The van der Waals surface area contributed by atoms with E-state index >= 15 is 0 Å². The van der Waals surface area contributed by atoms with Gasteiger partial charge in [-0.15, -0.1) is 0 Å². The van der Waals surface area contributed by atoms with Gasteiger partial charge in [-0.25, -0.2) is 0 Å². The maximum Gasteiger partial charge on any atom is 0.261 e. The summed E-state index contributed by atoms with van der Waals surface area (Å²) in [6, 6.07) is 30.9. The largest absolute Gasteiger partial charge is 0.483 e. The minimum absolute atomic E-state index is 0.00336. The van der Waals surface area contributed by atoms with Crippen molar-refractivity contribution in [2.45, 2.75) is 52.2 Å². The molecule has 2 atom stereocenters. The summed E-state index contributed by atoms with van der Waals surface area (Å²) in [7, 11) is 0. The van der Waals surface area contributed by atoms with Crippen molar-refractivity contribution < 1.29 is 14.3 Å². The smallest absolute Gasteiger partial charge is 0.261 e. The molecule has 38 heavy (non-hydrogen) atoms. The Labute approximate surface area is 225 Å². The van der Waals surface area contributed by atoms with Crippen molar-refractivity contribution in [2.75, 3.05) is 6.61 Å². The topological polar surface area (TPSA) is 58.6 Å². The maximum absolute atomic E-state index is 13.9. The van der Waals surface area contributed by atoms with E-state index < -0.39 is 6.04 Å². The van der Waals surface area contributed by atoms with Crippen LogP contribution in [0.4, 0.5) is 0 Å². The third kappa shape index (κ3) is 7.00. The Bertz CT molecular complexity index is 1360. The van der Waals surface area contributed by atoms with Crippen molar-refractivity contribution in [1.29, 1.82) is 0 Å². The number of aryl methyl sites for hydroxylation is 1. The highest BCUT2D eigenvalue weighted by Gasteiger charge is 2.31. The SMILES string of the molecule is CC[C@H](C)NC(=O)[C@@H](Cc1ccccc1)N(Cc1cccc(C)c1)C(=O)COc1cccc2ccccc12. The lowest BCUT2D eigenvalue weighted by Crippen LogP contribution is -2.53. The molecular formula is C33H36N2O3. The molecule has 2 amide bonds. The monoisotopic (exact) mass is 508 g/mol. The molecule has 5 nitrogen and oxygen atoms in total. The zero-order valence-corrected chi connectivity index (χ0v) is 22.4. The van der Waals surface area contributed by atoms with Crippen molar-refractivity contribution in [3.05, 3.63) is 114 Å². The van der Waals surface area contributed by atoms with E-state index in [0.29, 0.717) is 18.7 Å². The third-order valence-corrected chi connectivity index (χ3v) is 6.81. The van der Waals surface area contributed by atoms with Gasteiger partial charge in [-0.2, -0.15) is 0 Å². The van der Waals surface area contributed by atoms with Crippen molar-refractivity contribution in [2.24, 2.45) is 0 Å². The fourth-order valence-corrected chi connectivity index (χ4v) is 4.55. The highest BCUT2D eigenvalue weighted by molar-refractivity contribution is 5.90. The van der Waals surface area contributed by atoms with E-state index in [1.54, 1.807) is 4.90 Å². The van der Waals surface area contributed by atoms with Crippen LogP contribution >= 0.6 is 0 Å². The van der Waals surface area contributed by atoms with Crippen LogP contribution in [0.15, 0.2) is 97.1 Å². The molecule has 0 bridgehead atoms. The van der Waals surface area contributed by atoms with E-state index in [1.165, 1.54) is 0 Å². The number of nitrogens with one attached hydrogen (secondary N) is 1. The molecule has 0 aliphatic rings. The van der Waals surface area contributed by atoms with E-state index in [4.69, 9.17) is 4.74 Å². The lowest BCUT2D eigenvalue weighted by atomic mass is 10.0. The van der Waals surface area contributed by atoms with Gasteiger partial charge < -0.3 is 15.0 Å². The molecule has 0 fully saturated rings. The summed E-state index contributed by atoms with van der Waals surface area (Å²) in [6.07, 6.45) is 1.22. The first kappa shape index (κ1) is 26.9. The summed E-state index contributed by atoms with van der Waals surface area (Å²) < 4.78 is 6.08. The molecule has 0 aliphatic heterocycles. The first-order chi connectivity index (χ1) is 18.4. The quantitative estimate of drug-likeness (QED) is 0.267. The number of carbonyl (C=O) groups is 2. The normalized spacial score (nSPS) is 12.5. The number of hydrogen-bond donors (Lipinski definition) is 1. The fourth-order valence-electron chi connectivity index (χ4n) is 4.55. The Morgan fingerprint density at radius 2 is 1.55 bits per heavy atom. The van der Waals surface area contributed by atoms with Crippen LogP contribution in [0.1, 0.15) is 37.0 Å². The van der Waals surface area contributed by atoms with Gasteiger partial charge in [-0.3, -0.25) is 9.59 Å². The lowest BCUT2D eigenvalue weighted by molar-refractivity contribution is -0.143. The van der Waals surface area contributed by atoms with Gasteiger partial charge in [0, 0.05) is 24.4 Å². The molecule has 4 aromatic rings. The van der Waals surface area contributed by atoms with Crippen molar-refractivity contribution in [1.82, 2.24) is 10.2 Å². The van der Waals surface area contributed by atoms with Gasteiger partial charge in [0.25, 0.3) is 5.91 Å². The number of carbonyl (C=O) groups excluding carboxylic acids is 2. The summed E-state index contributed by atoms with van der Waals surface area (Å²) in [5, 5.41) is 5.10.